The van der Waals surface area contributed by atoms with Crippen molar-refractivity contribution in [2.24, 2.45) is 7.05 Å². The lowest BCUT2D eigenvalue weighted by Crippen LogP contribution is -2.38. The smallest absolute Gasteiger partial charge is 0.409 e. The van der Waals surface area contributed by atoms with Crippen LogP contribution in [-0.4, -0.2) is 59.2 Å². The van der Waals surface area contributed by atoms with Crippen molar-refractivity contribution in [2.45, 2.75) is 19.8 Å². The maximum Gasteiger partial charge on any atom is 0.409 e. The highest BCUT2D eigenvalue weighted by molar-refractivity contribution is 5.89. The minimum atomic E-state index is -0.286. The van der Waals surface area contributed by atoms with Crippen LogP contribution in [0, 0.1) is 0 Å². The maximum absolute atomic E-state index is 12.8. The topological polar surface area (TPSA) is 54.8 Å². The third-order valence-electron chi connectivity index (χ3n) is 4.70. The van der Waals surface area contributed by atoms with Crippen LogP contribution < -0.4 is 0 Å². The van der Waals surface area contributed by atoms with E-state index in [0.29, 0.717) is 39.2 Å². The quantitative estimate of drug-likeness (QED) is 0.860. The Morgan fingerprint density at radius 1 is 1.08 bits per heavy atom. The van der Waals surface area contributed by atoms with Crippen LogP contribution in [0.1, 0.15) is 18.9 Å². The molecule has 0 atom stereocenters. The molecule has 2 amide bonds. The van der Waals surface area contributed by atoms with Crippen molar-refractivity contribution in [3.8, 4) is 0 Å². The Labute approximate surface area is 147 Å². The van der Waals surface area contributed by atoms with E-state index in [-0.39, 0.29) is 12.0 Å². The lowest BCUT2D eigenvalue weighted by molar-refractivity contribution is -0.130. The molecule has 0 N–H and O–H groups in total. The number of hydrogen-bond acceptors (Lipinski definition) is 3. The zero-order valence-corrected chi connectivity index (χ0v) is 14.9. The van der Waals surface area contributed by atoms with Crippen molar-refractivity contribution < 1.29 is 14.3 Å². The summed E-state index contributed by atoms with van der Waals surface area (Å²) in [4.78, 5) is 28.2. The Morgan fingerprint density at radius 3 is 2.60 bits per heavy atom. The standard InChI is InChI=1S/C19H25N3O3/c1-3-25-19(24)22-10-6-9-21(11-12-22)18(23)13-15-14-20(2)17-8-5-4-7-16(15)17/h4-5,7-8,14H,3,6,9-13H2,1-2H3. The largest absolute Gasteiger partial charge is 0.450 e. The molecule has 25 heavy (non-hydrogen) atoms. The molecule has 1 aromatic carbocycles. The van der Waals surface area contributed by atoms with Gasteiger partial charge >= 0.3 is 6.09 Å². The number of ether oxygens (including phenoxy) is 1. The van der Waals surface area contributed by atoms with Gasteiger partial charge in [0.15, 0.2) is 0 Å². The van der Waals surface area contributed by atoms with Crippen molar-refractivity contribution in [3.05, 3.63) is 36.0 Å². The number of carbonyl (C=O) groups excluding carboxylic acids is 2. The van der Waals surface area contributed by atoms with Gasteiger partial charge in [0, 0.05) is 50.3 Å². The molecule has 1 saturated heterocycles. The molecule has 134 valence electrons. The molecule has 1 fully saturated rings. The molecule has 1 aromatic heterocycles. The minimum absolute atomic E-state index is 0.113. The van der Waals surface area contributed by atoms with Crippen LogP contribution in [0.2, 0.25) is 0 Å². The van der Waals surface area contributed by atoms with Crippen LogP contribution in [0.3, 0.4) is 0 Å². The third kappa shape index (κ3) is 3.78. The fourth-order valence-electron chi connectivity index (χ4n) is 3.41. The van der Waals surface area contributed by atoms with E-state index in [1.807, 2.05) is 30.3 Å². The van der Waals surface area contributed by atoms with Crippen molar-refractivity contribution >= 4 is 22.9 Å². The summed E-state index contributed by atoms with van der Waals surface area (Å²) < 4.78 is 7.12. The van der Waals surface area contributed by atoms with Crippen molar-refractivity contribution in [2.75, 3.05) is 32.8 Å². The predicted octanol–water partition coefficient (Wildman–Crippen LogP) is 2.41. The highest BCUT2D eigenvalue weighted by Gasteiger charge is 2.23. The third-order valence-corrected chi connectivity index (χ3v) is 4.70. The van der Waals surface area contributed by atoms with Crippen molar-refractivity contribution in [3.63, 3.8) is 0 Å². The lowest BCUT2D eigenvalue weighted by Gasteiger charge is -2.21. The van der Waals surface area contributed by atoms with Crippen LogP contribution in [0.4, 0.5) is 4.79 Å². The maximum atomic E-state index is 12.8. The first-order valence-corrected chi connectivity index (χ1v) is 8.82. The molecule has 6 heteroatoms. The Bertz CT molecular complexity index is 768. The summed E-state index contributed by atoms with van der Waals surface area (Å²) in [7, 11) is 2.00. The van der Waals surface area contributed by atoms with Gasteiger partial charge in [-0.25, -0.2) is 4.79 Å². The number of rotatable bonds is 3. The van der Waals surface area contributed by atoms with Crippen molar-refractivity contribution in [1.82, 2.24) is 14.4 Å². The molecule has 6 nitrogen and oxygen atoms in total. The summed E-state index contributed by atoms with van der Waals surface area (Å²) in [5.74, 6) is 0.113. The van der Waals surface area contributed by atoms with E-state index in [2.05, 4.69) is 16.7 Å². The van der Waals surface area contributed by atoms with E-state index in [1.54, 1.807) is 11.8 Å². The second-order valence-corrected chi connectivity index (χ2v) is 6.38. The second-order valence-electron chi connectivity index (χ2n) is 6.38. The normalized spacial score (nSPS) is 15.3. The first-order chi connectivity index (χ1) is 12.1. The highest BCUT2D eigenvalue weighted by Crippen LogP contribution is 2.21. The Kier molecular flexibility index (Phi) is 5.26. The molecule has 2 aromatic rings. The van der Waals surface area contributed by atoms with Crippen LogP contribution in [-0.2, 0) is 23.0 Å². The summed E-state index contributed by atoms with van der Waals surface area (Å²) >= 11 is 0. The van der Waals surface area contributed by atoms with Gasteiger partial charge < -0.3 is 19.1 Å². The molecule has 0 unspecified atom stereocenters. The number of hydrogen-bond donors (Lipinski definition) is 0. The van der Waals surface area contributed by atoms with Crippen LogP contribution in [0.15, 0.2) is 30.5 Å². The molecule has 0 radical (unpaired) electrons. The zero-order chi connectivity index (χ0) is 17.8. The van der Waals surface area contributed by atoms with E-state index >= 15 is 0 Å². The summed E-state index contributed by atoms with van der Waals surface area (Å²) in [6.07, 6.45) is 2.91. The average Bonchev–Trinajstić information content (AvgIpc) is 2.79. The molecular weight excluding hydrogens is 318 g/mol. The van der Waals surface area contributed by atoms with Crippen molar-refractivity contribution in [1.29, 1.82) is 0 Å². The van der Waals surface area contributed by atoms with Gasteiger partial charge in [0.1, 0.15) is 0 Å². The highest BCUT2D eigenvalue weighted by atomic mass is 16.6. The van der Waals surface area contributed by atoms with E-state index in [4.69, 9.17) is 4.74 Å². The first kappa shape index (κ1) is 17.3. The number of nitrogens with zero attached hydrogens (tertiary/aromatic N) is 3. The van der Waals surface area contributed by atoms with Gasteiger partial charge in [-0.2, -0.15) is 0 Å². The fraction of sp³-hybridized carbons (Fsp3) is 0.474. The van der Waals surface area contributed by atoms with E-state index in [0.717, 1.165) is 22.9 Å². The van der Waals surface area contributed by atoms with E-state index in [9.17, 15) is 9.59 Å². The molecule has 0 spiro atoms. The Balaban J connectivity index is 1.66. The van der Waals surface area contributed by atoms with Gasteiger partial charge in [-0.3, -0.25) is 4.79 Å². The van der Waals surface area contributed by atoms with Gasteiger partial charge in [0.05, 0.1) is 13.0 Å². The number of aryl methyl sites for hydroxylation is 1. The number of aromatic nitrogens is 1. The number of carbonyl (C=O) groups is 2. The van der Waals surface area contributed by atoms with E-state index in [1.165, 1.54) is 0 Å². The van der Waals surface area contributed by atoms with E-state index < -0.39 is 0 Å². The molecule has 1 aliphatic rings. The molecule has 0 aliphatic carbocycles. The average molecular weight is 343 g/mol. The summed E-state index contributed by atoms with van der Waals surface area (Å²) in [6.45, 7) is 4.58. The predicted molar refractivity (Wildman–Crippen MR) is 96.4 cm³/mol. The Hall–Kier alpha value is -2.50. The summed E-state index contributed by atoms with van der Waals surface area (Å²) in [5, 5.41) is 1.13. The van der Waals surface area contributed by atoms with Crippen LogP contribution >= 0.6 is 0 Å². The van der Waals surface area contributed by atoms with Gasteiger partial charge in [-0.15, -0.1) is 0 Å². The van der Waals surface area contributed by atoms with Gasteiger partial charge in [-0.05, 0) is 25.0 Å². The first-order valence-electron chi connectivity index (χ1n) is 8.82. The van der Waals surface area contributed by atoms with Crippen LogP contribution in [0.5, 0.6) is 0 Å². The Morgan fingerprint density at radius 2 is 1.80 bits per heavy atom. The fourth-order valence-corrected chi connectivity index (χ4v) is 3.41. The molecule has 2 heterocycles. The van der Waals surface area contributed by atoms with Gasteiger partial charge in [-0.1, -0.05) is 18.2 Å². The monoisotopic (exact) mass is 343 g/mol. The number of amides is 2. The number of benzene rings is 1. The lowest BCUT2D eigenvalue weighted by atomic mass is 10.1. The van der Waals surface area contributed by atoms with Gasteiger partial charge in [0.2, 0.25) is 5.91 Å². The minimum Gasteiger partial charge on any atom is -0.450 e. The molecule has 0 bridgehead atoms. The summed E-state index contributed by atoms with van der Waals surface area (Å²) in [6, 6.07) is 8.13. The molecule has 3 rings (SSSR count). The molecule has 0 saturated carbocycles. The number of para-hydroxylation sites is 1. The second kappa shape index (κ2) is 7.59. The number of fused-ring (bicyclic) bond motifs is 1. The van der Waals surface area contributed by atoms with Gasteiger partial charge in [0.25, 0.3) is 0 Å². The SMILES string of the molecule is CCOC(=O)N1CCCN(C(=O)Cc2cn(C)c3ccccc23)CC1. The zero-order valence-electron chi connectivity index (χ0n) is 14.9. The molecular formula is C19H25N3O3. The molecule has 1 aliphatic heterocycles. The van der Waals surface area contributed by atoms with Crippen LogP contribution in [0.25, 0.3) is 10.9 Å². The summed E-state index contributed by atoms with van der Waals surface area (Å²) in [5.41, 5.74) is 2.18.